The van der Waals surface area contributed by atoms with Crippen LogP contribution in [0.1, 0.15) is 33.5 Å². The molecule has 0 aliphatic carbocycles. The van der Waals surface area contributed by atoms with Crippen molar-refractivity contribution in [3.8, 4) is 0 Å². The van der Waals surface area contributed by atoms with Gasteiger partial charge in [0, 0.05) is 11.9 Å². The number of hydrogen-bond acceptors (Lipinski definition) is 3. The predicted octanol–water partition coefficient (Wildman–Crippen LogP) is 3.91. The van der Waals surface area contributed by atoms with Crippen molar-refractivity contribution in [2.24, 2.45) is 0 Å². The van der Waals surface area contributed by atoms with Gasteiger partial charge in [-0.2, -0.15) is 0 Å². The minimum Gasteiger partial charge on any atom is -0.454 e. The van der Waals surface area contributed by atoms with Crippen molar-refractivity contribution in [3.63, 3.8) is 0 Å². The fourth-order valence-corrected chi connectivity index (χ4v) is 2.45. The van der Waals surface area contributed by atoms with Crippen molar-refractivity contribution in [2.75, 3.05) is 7.05 Å². The molecule has 96 valence electrons. The van der Waals surface area contributed by atoms with Gasteiger partial charge < -0.3 is 9.32 Å². The number of alkyl halides is 1. The first kappa shape index (κ1) is 13.2. The molecular weight excluding hydrogens is 270 g/mol. The summed E-state index contributed by atoms with van der Waals surface area (Å²) in [6, 6.07) is 7.38. The van der Waals surface area contributed by atoms with Crippen LogP contribution in [0.5, 0.6) is 0 Å². The van der Waals surface area contributed by atoms with Crippen LogP contribution in [0.25, 0.3) is 0 Å². The molecule has 2 aromatic heterocycles. The van der Waals surface area contributed by atoms with Crippen LogP contribution in [0.3, 0.4) is 0 Å². The largest absolute Gasteiger partial charge is 0.454 e. The SMILES string of the molecule is CC(Cl)c1ccc(C(=O)N(C)Cc2cccs2)o1. The zero-order valence-corrected chi connectivity index (χ0v) is 11.8. The molecule has 2 rings (SSSR count). The highest BCUT2D eigenvalue weighted by atomic mass is 35.5. The Morgan fingerprint density at radius 3 is 2.83 bits per heavy atom. The van der Waals surface area contributed by atoms with Gasteiger partial charge in [-0.05, 0) is 30.5 Å². The summed E-state index contributed by atoms with van der Waals surface area (Å²) in [5.41, 5.74) is 0. The first-order valence-corrected chi connectivity index (χ1v) is 6.91. The van der Waals surface area contributed by atoms with Gasteiger partial charge in [0.15, 0.2) is 5.76 Å². The summed E-state index contributed by atoms with van der Waals surface area (Å²) >= 11 is 7.53. The van der Waals surface area contributed by atoms with Gasteiger partial charge in [0.05, 0.1) is 11.9 Å². The number of amides is 1. The van der Waals surface area contributed by atoms with Gasteiger partial charge in [-0.25, -0.2) is 0 Å². The highest BCUT2D eigenvalue weighted by Gasteiger charge is 2.17. The number of halogens is 1. The Balaban J connectivity index is 2.05. The lowest BCUT2D eigenvalue weighted by Crippen LogP contribution is -2.25. The second-order valence-electron chi connectivity index (χ2n) is 4.06. The molecule has 0 N–H and O–H groups in total. The van der Waals surface area contributed by atoms with E-state index in [0.717, 1.165) is 4.88 Å². The maximum atomic E-state index is 12.1. The van der Waals surface area contributed by atoms with Crippen LogP contribution in [0.2, 0.25) is 0 Å². The molecule has 0 aromatic carbocycles. The first-order chi connectivity index (χ1) is 8.58. The van der Waals surface area contributed by atoms with E-state index in [0.29, 0.717) is 18.1 Å². The number of rotatable bonds is 4. The van der Waals surface area contributed by atoms with E-state index in [1.807, 2.05) is 24.4 Å². The van der Waals surface area contributed by atoms with Gasteiger partial charge >= 0.3 is 0 Å². The van der Waals surface area contributed by atoms with Gasteiger partial charge in [-0.1, -0.05) is 6.07 Å². The number of thiophene rings is 1. The van der Waals surface area contributed by atoms with Crippen molar-refractivity contribution >= 4 is 28.8 Å². The predicted molar refractivity (Wildman–Crippen MR) is 73.1 cm³/mol. The van der Waals surface area contributed by atoms with Crippen LogP contribution in [0.15, 0.2) is 34.1 Å². The van der Waals surface area contributed by atoms with Crippen LogP contribution >= 0.6 is 22.9 Å². The maximum absolute atomic E-state index is 12.1. The Morgan fingerprint density at radius 1 is 1.50 bits per heavy atom. The normalized spacial score (nSPS) is 12.4. The average molecular weight is 284 g/mol. The van der Waals surface area contributed by atoms with Gasteiger partial charge in [0.2, 0.25) is 0 Å². The standard InChI is InChI=1S/C13H14ClNO2S/c1-9(14)11-5-6-12(17-11)13(16)15(2)8-10-4-3-7-18-10/h3-7,9H,8H2,1-2H3. The number of hydrogen-bond donors (Lipinski definition) is 0. The summed E-state index contributed by atoms with van der Waals surface area (Å²) in [6.45, 7) is 2.40. The van der Waals surface area contributed by atoms with E-state index in [-0.39, 0.29) is 11.3 Å². The Kier molecular flexibility index (Phi) is 4.09. The number of nitrogens with zero attached hydrogens (tertiary/aromatic N) is 1. The van der Waals surface area contributed by atoms with Crippen molar-refractivity contribution in [1.29, 1.82) is 0 Å². The number of carbonyl (C=O) groups excluding carboxylic acids is 1. The van der Waals surface area contributed by atoms with Crippen LogP contribution in [0, 0.1) is 0 Å². The van der Waals surface area contributed by atoms with Crippen molar-refractivity contribution in [2.45, 2.75) is 18.8 Å². The quantitative estimate of drug-likeness (QED) is 0.797. The van der Waals surface area contributed by atoms with Crippen LogP contribution in [-0.4, -0.2) is 17.9 Å². The number of furan rings is 1. The summed E-state index contributed by atoms with van der Waals surface area (Å²) < 4.78 is 5.43. The third-order valence-corrected chi connectivity index (χ3v) is 3.63. The molecular formula is C13H14ClNO2S. The maximum Gasteiger partial charge on any atom is 0.289 e. The lowest BCUT2D eigenvalue weighted by Gasteiger charge is -2.14. The molecule has 5 heteroatoms. The molecule has 3 nitrogen and oxygen atoms in total. The Hall–Kier alpha value is -1.26. The zero-order valence-electron chi connectivity index (χ0n) is 10.2. The van der Waals surface area contributed by atoms with Crippen LogP contribution in [-0.2, 0) is 6.54 Å². The Labute approximate surface area is 115 Å². The Bertz CT molecular complexity index is 519. The van der Waals surface area contributed by atoms with Crippen LogP contribution < -0.4 is 0 Å². The smallest absolute Gasteiger partial charge is 0.289 e. The van der Waals surface area contributed by atoms with Gasteiger partial charge in [0.25, 0.3) is 5.91 Å². The monoisotopic (exact) mass is 283 g/mol. The first-order valence-electron chi connectivity index (χ1n) is 5.59. The van der Waals surface area contributed by atoms with Gasteiger partial charge in [-0.3, -0.25) is 4.79 Å². The lowest BCUT2D eigenvalue weighted by atomic mass is 10.3. The fraction of sp³-hybridized carbons (Fsp3) is 0.308. The Morgan fingerprint density at radius 2 is 2.28 bits per heavy atom. The second kappa shape index (κ2) is 5.59. The molecule has 0 bridgehead atoms. The summed E-state index contributed by atoms with van der Waals surface area (Å²) in [4.78, 5) is 14.9. The topological polar surface area (TPSA) is 33.5 Å². The minimum atomic E-state index is -0.228. The molecule has 0 aliphatic heterocycles. The third kappa shape index (κ3) is 2.94. The molecule has 0 aliphatic rings. The summed E-state index contributed by atoms with van der Waals surface area (Å²) in [5.74, 6) is 0.813. The molecule has 18 heavy (non-hydrogen) atoms. The molecule has 1 unspecified atom stereocenters. The second-order valence-corrected chi connectivity index (χ2v) is 5.75. The van der Waals surface area contributed by atoms with Gasteiger partial charge in [0.1, 0.15) is 5.76 Å². The molecule has 0 radical (unpaired) electrons. The molecule has 1 atom stereocenters. The highest BCUT2D eigenvalue weighted by Crippen LogP contribution is 2.22. The van der Waals surface area contributed by atoms with Crippen LogP contribution in [0.4, 0.5) is 0 Å². The molecule has 0 saturated heterocycles. The van der Waals surface area contributed by atoms with Crippen molar-refractivity contribution in [1.82, 2.24) is 4.90 Å². The van der Waals surface area contributed by atoms with E-state index in [9.17, 15) is 4.79 Å². The summed E-state index contributed by atoms with van der Waals surface area (Å²) in [6.07, 6.45) is 0. The average Bonchev–Trinajstić information content (AvgIpc) is 2.98. The molecule has 0 spiro atoms. The molecule has 2 aromatic rings. The summed E-state index contributed by atoms with van der Waals surface area (Å²) in [5, 5.41) is 1.77. The van der Waals surface area contributed by atoms with E-state index < -0.39 is 0 Å². The molecule has 1 amide bonds. The lowest BCUT2D eigenvalue weighted by molar-refractivity contribution is 0.0753. The van der Waals surface area contributed by atoms with E-state index >= 15 is 0 Å². The van der Waals surface area contributed by atoms with E-state index in [2.05, 4.69) is 0 Å². The number of carbonyl (C=O) groups is 1. The fourth-order valence-electron chi connectivity index (χ4n) is 1.58. The van der Waals surface area contributed by atoms with Crippen molar-refractivity contribution in [3.05, 3.63) is 46.0 Å². The molecule has 2 heterocycles. The zero-order chi connectivity index (χ0) is 13.1. The summed E-state index contributed by atoms with van der Waals surface area (Å²) in [7, 11) is 1.76. The molecule has 0 fully saturated rings. The van der Waals surface area contributed by atoms with E-state index in [1.54, 1.807) is 35.4 Å². The van der Waals surface area contributed by atoms with E-state index in [1.165, 1.54) is 0 Å². The highest BCUT2D eigenvalue weighted by molar-refractivity contribution is 7.09. The van der Waals surface area contributed by atoms with Gasteiger partial charge in [-0.15, -0.1) is 22.9 Å². The third-order valence-electron chi connectivity index (χ3n) is 2.55. The van der Waals surface area contributed by atoms with E-state index in [4.69, 9.17) is 16.0 Å². The molecule has 0 saturated carbocycles. The van der Waals surface area contributed by atoms with Crippen molar-refractivity contribution < 1.29 is 9.21 Å². The minimum absolute atomic E-state index is 0.132.